The molecule has 2 N–H and O–H groups in total. The fourth-order valence-electron chi connectivity index (χ4n) is 0.802. The molecule has 1 atom stereocenters. The first-order valence-corrected chi connectivity index (χ1v) is 4.08. The maximum Gasteiger partial charge on any atom is 0.305 e. The fraction of sp³-hybridized carbons (Fsp3) is 0.875. The van der Waals surface area contributed by atoms with E-state index in [0.29, 0.717) is 13.0 Å². The third-order valence-corrected chi connectivity index (χ3v) is 1.35. The molecule has 0 heterocycles. The molecule has 66 valence electrons. The second-order valence-electron chi connectivity index (χ2n) is 2.67. The number of carbonyl (C=O) groups is 1. The van der Waals surface area contributed by atoms with Gasteiger partial charge < -0.3 is 10.5 Å². The highest BCUT2D eigenvalue weighted by molar-refractivity contribution is 5.69. The zero-order valence-electron chi connectivity index (χ0n) is 7.30. The number of ether oxygens (including phenoxy) is 1. The van der Waals surface area contributed by atoms with E-state index in [1.54, 1.807) is 0 Å². The van der Waals surface area contributed by atoms with E-state index in [1.165, 1.54) is 0 Å². The lowest BCUT2D eigenvalue weighted by molar-refractivity contribution is -0.143. The van der Waals surface area contributed by atoms with Crippen molar-refractivity contribution < 1.29 is 9.53 Å². The van der Waals surface area contributed by atoms with Crippen LogP contribution in [0.25, 0.3) is 0 Å². The van der Waals surface area contributed by atoms with E-state index in [9.17, 15) is 4.79 Å². The summed E-state index contributed by atoms with van der Waals surface area (Å²) in [6.45, 7) is 4.21. The van der Waals surface area contributed by atoms with Crippen LogP contribution in [-0.4, -0.2) is 18.6 Å². The Bertz CT molecular complexity index is 113. The van der Waals surface area contributed by atoms with E-state index in [0.717, 1.165) is 12.8 Å². The molecule has 0 saturated carbocycles. The minimum atomic E-state index is -0.117. The van der Waals surface area contributed by atoms with Gasteiger partial charge in [-0.3, -0.25) is 4.79 Å². The van der Waals surface area contributed by atoms with Gasteiger partial charge in [0.05, 0.1) is 6.61 Å². The Labute approximate surface area is 67.9 Å². The summed E-state index contributed by atoms with van der Waals surface area (Å²) in [6, 6.07) is 0.185. The van der Waals surface area contributed by atoms with Crippen molar-refractivity contribution in [1.29, 1.82) is 0 Å². The standard InChI is InChI=1S/C8H17NO2/c1-3-11-8(10)6-4-5-7(2)9/h7H,3-6,9H2,1-2H3. The molecule has 0 spiro atoms. The normalized spacial score (nSPS) is 12.6. The van der Waals surface area contributed by atoms with Crippen LogP contribution in [0.4, 0.5) is 0 Å². The van der Waals surface area contributed by atoms with Crippen molar-refractivity contribution in [3.05, 3.63) is 0 Å². The molecule has 0 amide bonds. The third-order valence-electron chi connectivity index (χ3n) is 1.35. The lowest BCUT2D eigenvalue weighted by Crippen LogP contribution is -2.15. The molecule has 0 aromatic rings. The topological polar surface area (TPSA) is 52.3 Å². The molecule has 0 aromatic carbocycles. The first-order chi connectivity index (χ1) is 5.16. The van der Waals surface area contributed by atoms with Gasteiger partial charge in [0.2, 0.25) is 0 Å². The summed E-state index contributed by atoms with van der Waals surface area (Å²) in [4.78, 5) is 10.8. The number of hydrogen-bond donors (Lipinski definition) is 1. The average molecular weight is 159 g/mol. The monoisotopic (exact) mass is 159 g/mol. The minimum Gasteiger partial charge on any atom is -0.466 e. The van der Waals surface area contributed by atoms with Crippen molar-refractivity contribution in [2.24, 2.45) is 5.73 Å². The first-order valence-electron chi connectivity index (χ1n) is 4.08. The fourth-order valence-corrected chi connectivity index (χ4v) is 0.802. The maximum atomic E-state index is 10.8. The van der Waals surface area contributed by atoms with E-state index < -0.39 is 0 Å². The van der Waals surface area contributed by atoms with Crippen LogP contribution in [0, 0.1) is 0 Å². The predicted octanol–water partition coefficient (Wildman–Crippen LogP) is 1.07. The zero-order chi connectivity index (χ0) is 8.69. The van der Waals surface area contributed by atoms with Gasteiger partial charge in [0.15, 0.2) is 0 Å². The van der Waals surface area contributed by atoms with E-state index >= 15 is 0 Å². The van der Waals surface area contributed by atoms with Gasteiger partial charge in [-0.05, 0) is 26.7 Å². The van der Waals surface area contributed by atoms with Crippen LogP contribution in [0.3, 0.4) is 0 Å². The van der Waals surface area contributed by atoms with Gasteiger partial charge in [-0.1, -0.05) is 0 Å². The molecule has 0 aliphatic carbocycles. The molecule has 0 aliphatic heterocycles. The number of esters is 1. The van der Waals surface area contributed by atoms with Crippen molar-refractivity contribution in [1.82, 2.24) is 0 Å². The lowest BCUT2D eigenvalue weighted by atomic mass is 10.1. The molecule has 0 saturated heterocycles. The molecule has 3 heteroatoms. The summed E-state index contributed by atoms with van der Waals surface area (Å²) in [5, 5.41) is 0. The molecule has 1 unspecified atom stereocenters. The van der Waals surface area contributed by atoms with Crippen molar-refractivity contribution >= 4 is 5.97 Å². The summed E-state index contributed by atoms with van der Waals surface area (Å²) in [5.74, 6) is -0.117. The van der Waals surface area contributed by atoms with Crippen LogP contribution in [0.1, 0.15) is 33.1 Å². The molecular formula is C8H17NO2. The van der Waals surface area contributed by atoms with Gasteiger partial charge in [0.25, 0.3) is 0 Å². The smallest absolute Gasteiger partial charge is 0.305 e. The summed E-state index contributed by atoms with van der Waals surface area (Å²) in [7, 11) is 0. The quantitative estimate of drug-likeness (QED) is 0.610. The lowest BCUT2D eigenvalue weighted by Gasteiger charge is -2.03. The molecule has 0 radical (unpaired) electrons. The molecule has 0 fully saturated rings. The summed E-state index contributed by atoms with van der Waals surface area (Å²) in [6.07, 6.45) is 2.21. The van der Waals surface area contributed by atoms with Crippen LogP contribution in [0.15, 0.2) is 0 Å². The van der Waals surface area contributed by atoms with Gasteiger partial charge >= 0.3 is 5.97 Å². The minimum absolute atomic E-state index is 0.117. The summed E-state index contributed by atoms with van der Waals surface area (Å²) >= 11 is 0. The Hall–Kier alpha value is -0.570. The molecule has 11 heavy (non-hydrogen) atoms. The predicted molar refractivity (Wildman–Crippen MR) is 44.1 cm³/mol. The van der Waals surface area contributed by atoms with Crippen molar-refractivity contribution in [2.45, 2.75) is 39.2 Å². The summed E-state index contributed by atoms with van der Waals surface area (Å²) < 4.78 is 4.74. The van der Waals surface area contributed by atoms with Gasteiger partial charge in [-0.15, -0.1) is 0 Å². The SMILES string of the molecule is CCOC(=O)CCCC(C)N. The highest BCUT2D eigenvalue weighted by Gasteiger charge is 2.01. The van der Waals surface area contributed by atoms with E-state index in [4.69, 9.17) is 10.5 Å². The molecular weight excluding hydrogens is 142 g/mol. The zero-order valence-corrected chi connectivity index (χ0v) is 7.30. The second kappa shape index (κ2) is 6.16. The third kappa shape index (κ3) is 7.33. The first kappa shape index (κ1) is 10.4. The van der Waals surface area contributed by atoms with Crippen molar-refractivity contribution in [3.8, 4) is 0 Å². The maximum absolute atomic E-state index is 10.8. The Morgan fingerprint density at radius 2 is 2.27 bits per heavy atom. The number of nitrogens with two attached hydrogens (primary N) is 1. The van der Waals surface area contributed by atoms with Crippen LogP contribution in [0.5, 0.6) is 0 Å². The van der Waals surface area contributed by atoms with Gasteiger partial charge in [-0.2, -0.15) is 0 Å². The van der Waals surface area contributed by atoms with Crippen LogP contribution in [0.2, 0.25) is 0 Å². The average Bonchev–Trinajstić information content (AvgIpc) is 1.87. The van der Waals surface area contributed by atoms with E-state index in [2.05, 4.69) is 0 Å². The van der Waals surface area contributed by atoms with Crippen LogP contribution < -0.4 is 5.73 Å². The van der Waals surface area contributed by atoms with Gasteiger partial charge in [0, 0.05) is 12.5 Å². The van der Waals surface area contributed by atoms with Gasteiger partial charge in [-0.25, -0.2) is 0 Å². The Balaban J connectivity index is 3.17. The van der Waals surface area contributed by atoms with Gasteiger partial charge in [0.1, 0.15) is 0 Å². The molecule has 0 aliphatic rings. The molecule has 0 rings (SSSR count). The highest BCUT2D eigenvalue weighted by atomic mass is 16.5. The van der Waals surface area contributed by atoms with Crippen molar-refractivity contribution in [3.63, 3.8) is 0 Å². The molecule has 0 aromatic heterocycles. The number of rotatable bonds is 5. The van der Waals surface area contributed by atoms with Crippen LogP contribution >= 0.6 is 0 Å². The van der Waals surface area contributed by atoms with E-state index in [-0.39, 0.29) is 12.0 Å². The Morgan fingerprint density at radius 1 is 1.64 bits per heavy atom. The Kier molecular flexibility index (Phi) is 5.84. The second-order valence-corrected chi connectivity index (χ2v) is 2.67. The molecule has 0 bridgehead atoms. The number of hydrogen-bond acceptors (Lipinski definition) is 3. The molecule has 3 nitrogen and oxygen atoms in total. The Morgan fingerprint density at radius 3 is 2.73 bits per heavy atom. The summed E-state index contributed by atoms with van der Waals surface area (Å²) in [5.41, 5.74) is 5.50. The highest BCUT2D eigenvalue weighted by Crippen LogP contribution is 1.99. The van der Waals surface area contributed by atoms with E-state index in [1.807, 2.05) is 13.8 Å². The number of carbonyl (C=O) groups excluding carboxylic acids is 1. The van der Waals surface area contributed by atoms with Crippen molar-refractivity contribution in [2.75, 3.05) is 6.61 Å². The largest absolute Gasteiger partial charge is 0.466 e. The van der Waals surface area contributed by atoms with Crippen LogP contribution in [-0.2, 0) is 9.53 Å².